The highest BCUT2D eigenvalue weighted by atomic mass is 32.1. The highest BCUT2D eigenvalue weighted by molar-refractivity contribution is 7.07. The van der Waals surface area contributed by atoms with Gasteiger partial charge in [0.25, 0.3) is 0 Å². The summed E-state index contributed by atoms with van der Waals surface area (Å²) in [6, 6.07) is 11.1. The molecule has 1 aromatic heterocycles. The molecular weight excluding hydrogens is 240 g/mol. The van der Waals surface area contributed by atoms with E-state index in [1.807, 2.05) is 0 Å². The van der Waals surface area contributed by atoms with Crippen LogP contribution < -0.4 is 11.3 Å². The van der Waals surface area contributed by atoms with Crippen LogP contribution in [0.1, 0.15) is 42.5 Å². The highest BCUT2D eigenvalue weighted by Crippen LogP contribution is 2.22. The van der Waals surface area contributed by atoms with E-state index >= 15 is 0 Å². The minimum Gasteiger partial charge on any atom is -0.271 e. The largest absolute Gasteiger partial charge is 0.271 e. The number of hydrazine groups is 1. The van der Waals surface area contributed by atoms with E-state index in [0.717, 1.165) is 6.42 Å². The zero-order valence-electron chi connectivity index (χ0n) is 10.9. The molecule has 96 valence electrons. The maximum atomic E-state index is 5.67. The lowest BCUT2D eigenvalue weighted by atomic mass is 9.97. The van der Waals surface area contributed by atoms with Crippen LogP contribution >= 0.6 is 11.3 Å². The monoisotopic (exact) mass is 260 g/mol. The summed E-state index contributed by atoms with van der Waals surface area (Å²) in [5.41, 5.74) is 6.85. The van der Waals surface area contributed by atoms with Crippen molar-refractivity contribution >= 4 is 11.3 Å². The second-order valence-corrected chi connectivity index (χ2v) is 5.66. The van der Waals surface area contributed by atoms with Crippen LogP contribution in [0.5, 0.6) is 0 Å². The first-order valence-corrected chi connectivity index (χ1v) is 7.22. The van der Waals surface area contributed by atoms with E-state index in [0.29, 0.717) is 5.92 Å². The van der Waals surface area contributed by atoms with E-state index in [9.17, 15) is 0 Å². The zero-order chi connectivity index (χ0) is 13.0. The number of hydrogen-bond donors (Lipinski definition) is 2. The van der Waals surface area contributed by atoms with Crippen LogP contribution in [-0.4, -0.2) is 0 Å². The summed E-state index contributed by atoms with van der Waals surface area (Å²) in [6.45, 7) is 4.41. The van der Waals surface area contributed by atoms with Crippen molar-refractivity contribution in [2.24, 2.45) is 5.84 Å². The van der Waals surface area contributed by atoms with Gasteiger partial charge in [0.2, 0.25) is 0 Å². The van der Waals surface area contributed by atoms with Crippen molar-refractivity contribution in [1.82, 2.24) is 5.43 Å². The number of thiophene rings is 1. The van der Waals surface area contributed by atoms with E-state index in [1.165, 1.54) is 16.7 Å². The number of rotatable bonds is 5. The predicted octanol–water partition coefficient (Wildman–Crippen LogP) is 3.62. The molecule has 0 bridgehead atoms. The molecule has 2 nitrogen and oxygen atoms in total. The van der Waals surface area contributed by atoms with Crippen LogP contribution in [-0.2, 0) is 6.42 Å². The molecule has 2 rings (SSSR count). The smallest absolute Gasteiger partial charge is 0.0500 e. The average Bonchev–Trinajstić information content (AvgIpc) is 2.89. The topological polar surface area (TPSA) is 38.0 Å². The summed E-state index contributed by atoms with van der Waals surface area (Å²) in [5.74, 6) is 6.24. The van der Waals surface area contributed by atoms with E-state index in [-0.39, 0.29) is 6.04 Å². The second kappa shape index (κ2) is 6.14. The second-order valence-electron chi connectivity index (χ2n) is 4.88. The summed E-state index contributed by atoms with van der Waals surface area (Å²) in [4.78, 5) is 0. The van der Waals surface area contributed by atoms with Gasteiger partial charge < -0.3 is 0 Å². The quantitative estimate of drug-likeness (QED) is 0.636. The van der Waals surface area contributed by atoms with Gasteiger partial charge in [-0.1, -0.05) is 38.1 Å². The van der Waals surface area contributed by atoms with Gasteiger partial charge in [0.1, 0.15) is 0 Å². The predicted molar refractivity (Wildman–Crippen MR) is 78.6 cm³/mol. The Morgan fingerprint density at radius 3 is 2.28 bits per heavy atom. The molecule has 1 aromatic carbocycles. The van der Waals surface area contributed by atoms with Gasteiger partial charge >= 0.3 is 0 Å². The molecule has 0 amide bonds. The molecule has 0 fully saturated rings. The average molecular weight is 260 g/mol. The van der Waals surface area contributed by atoms with Crippen molar-refractivity contribution < 1.29 is 0 Å². The fourth-order valence-electron chi connectivity index (χ4n) is 2.03. The van der Waals surface area contributed by atoms with Gasteiger partial charge in [-0.15, -0.1) is 0 Å². The first kappa shape index (κ1) is 13.3. The molecular formula is C15H20N2S. The number of nitrogens with two attached hydrogens (primary N) is 1. The molecule has 0 saturated heterocycles. The van der Waals surface area contributed by atoms with Crippen molar-refractivity contribution in [2.45, 2.75) is 32.2 Å². The summed E-state index contributed by atoms with van der Waals surface area (Å²) < 4.78 is 0. The van der Waals surface area contributed by atoms with Crippen molar-refractivity contribution in [2.75, 3.05) is 0 Å². The lowest BCUT2D eigenvalue weighted by Crippen LogP contribution is -2.29. The third-order valence-electron chi connectivity index (χ3n) is 3.23. The minimum absolute atomic E-state index is 0.181. The number of benzene rings is 1. The Hall–Kier alpha value is -1.16. The molecule has 18 heavy (non-hydrogen) atoms. The Morgan fingerprint density at radius 1 is 1.11 bits per heavy atom. The SMILES string of the molecule is CC(C)c1ccc(C(Cc2ccsc2)NN)cc1. The molecule has 2 aromatic rings. The molecule has 0 radical (unpaired) electrons. The highest BCUT2D eigenvalue weighted by Gasteiger charge is 2.11. The molecule has 0 aliphatic carbocycles. The Balaban J connectivity index is 2.12. The van der Waals surface area contributed by atoms with E-state index < -0.39 is 0 Å². The van der Waals surface area contributed by atoms with Crippen molar-refractivity contribution in [3.05, 3.63) is 57.8 Å². The van der Waals surface area contributed by atoms with Gasteiger partial charge in [-0.25, -0.2) is 0 Å². The van der Waals surface area contributed by atoms with Gasteiger partial charge in [-0.05, 0) is 45.9 Å². The van der Waals surface area contributed by atoms with Crippen LogP contribution in [0.15, 0.2) is 41.1 Å². The Kier molecular flexibility index (Phi) is 4.53. The lowest BCUT2D eigenvalue weighted by Gasteiger charge is -2.16. The number of nitrogens with one attached hydrogen (secondary N) is 1. The fraction of sp³-hybridized carbons (Fsp3) is 0.333. The van der Waals surface area contributed by atoms with Crippen LogP contribution in [0.3, 0.4) is 0 Å². The van der Waals surface area contributed by atoms with Crippen LogP contribution in [0.25, 0.3) is 0 Å². The van der Waals surface area contributed by atoms with E-state index in [1.54, 1.807) is 11.3 Å². The molecule has 0 spiro atoms. The summed E-state index contributed by atoms with van der Waals surface area (Å²) >= 11 is 1.73. The molecule has 1 heterocycles. The Morgan fingerprint density at radius 2 is 1.78 bits per heavy atom. The van der Waals surface area contributed by atoms with Gasteiger partial charge in [0.05, 0.1) is 6.04 Å². The third kappa shape index (κ3) is 3.19. The minimum atomic E-state index is 0.181. The molecule has 3 N–H and O–H groups in total. The van der Waals surface area contributed by atoms with Crippen LogP contribution in [0.4, 0.5) is 0 Å². The normalized spacial score (nSPS) is 12.9. The molecule has 0 aliphatic rings. The standard InChI is InChI=1S/C15H20N2S/c1-11(2)13-3-5-14(6-4-13)15(17-16)9-12-7-8-18-10-12/h3-8,10-11,15,17H,9,16H2,1-2H3. The maximum absolute atomic E-state index is 5.67. The van der Waals surface area contributed by atoms with Crippen molar-refractivity contribution in [1.29, 1.82) is 0 Å². The first-order valence-electron chi connectivity index (χ1n) is 6.27. The molecule has 1 unspecified atom stereocenters. The van der Waals surface area contributed by atoms with Gasteiger partial charge in [-0.2, -0.15) is 11.3 Å². The first-order chi connectivity index (χ1) is 8.70. The van der Waals surface area contributed by atoms with Crippen LogP contribution in [0, 0.1) is 0 Å². The Bertz CT molecular complexity index is 460. The lowest BCUT2D eigenvalue weighted by molar-refractivity contribution is 0.552. The van der Waals surface area contributed by atoms with Crippen LogP contribution in [0.2, 0.25) is 0 Å². The van der Waals surface area contributed by atoms with Gasteiger partial charge in [-0.3, -0.25) is 11.3 Å². The molecule has 1 atom stereocenters. The Labute approximate surface area is 113 Å². The summed E-state index contributed by atoms with van der Waals surface area (Å²) in [5, 5.41) is 4.28. The fourth-order valence-corrected chi connectivity index (χ4v) is 2.71. The maximum Gasteiger partial charge on any atom is 0.0500 e. The van der Waals surface area contributed by atoms with E-state index in [2.05, 4.69) is 60.4 Å². The molecule has 3 heteroatoms. The van der Waals surface area contributed by atoms with E-state index in [4.69, 9.17) is 5.84 Å². The van der Waals surface area contributed by atoms with Gasteiger partial charge in [0, 0.05) is 0 Å². The summed E-state index contributed by atoms with van der Waals surface area (Å²) in [6.07, 6.45) is 0.932. The van der Waals surface area contributed by atoms with Gasteiger partial charge in [0.15, 0.2) is 0 Å². The summed E-state index contributed by atoms with van der Waals surface area (Å²) in [7, 11) is 0. The molecule has 0 saturated carbocycles. The molecule has 0 aliphatic heterocycles. The number of hydrogen-bond acceptors (Lipinski definition) is 3. The van der Waals surface area contributed by atoms with Crippen molar-refractivity contribution in [3.8, 4) is 0 Å². The third-order valence-corrected chi connectivity index (χ3v) is 3.96. The van der Waals surface area contributed by atoms with Crippen molar-refractivity contribution in [3.63, 3.8) is 0 Å². The zero-order valence-corrected chi connectivity index (χ0v) is 11.7.